The Morgan fingerprint density at radius 3 is 2.75 bits per heavy atom. The monoisotopic (exact) mass is 185 g/mol. The van der Waals surface area contributed by atoms with Gasteiger partial charge in [-0.05, 0) is 0 Å². The SMILES string of the molecule is Nc1nc(N2CCNCC2)ns1. The molecule has 0 atom stereocenters. The van der Waals surface area contributed by atoms with Gasteiger partial charge in [-0.25, -0.2) is 0 Å². The highest BCUT2D eigenvalue weighted by atomic mass is 32.1. The highest BCUT2D eigenvalue weighted by molar-refractivity contribution is 7.09. The van der Waals surface area contributed by atoms with Crippen LogP contribution in [-0.4, -0.2) is 35.5 Å². The van der Waals surface area contributed by atoms with E-state index < -0.39 is 0 Å². The van der Waals surface area contributed by atoms with Gasteiger partial charge < -0.3 is 16.0 Å². The van der Waals surface area contributed by atoms with Gasteiger partial charge in [-0.3, -0.25) is 0 Å². The van der Waals surface area contributed by atoms with E-state index in [1.54, 1.807) is 0 Å². The first-order valence-corrected chi connectivity index (χ1v) is 4.68. The van der Waals surface area contributed by atoms with Gasteiger partial charge in [-0.2, -0.15) is 9.36 Å². The molecule has 0 unspecified atom stereocenters. The van der Waals surface area contributed by atoms with E-state index in [1.807, 2.05) is 0 Å². The van der Waals surface area contributed by atoms with Crippen molar-refractivity contribution in [1.82, 2.24) is 14.7 Å². The molecule has 66 valence electrons. The third-order valence-corrected chi connectivity index (χ3v) is 2.36. The van der Waals surface area contributed by atoms with Crippen LogP contribution in [0.2, 0.25) is 0 Å². The zero-order chi connectivity index (χ0) is 8.39. The van der Waals surface area contributed by atoms with Crippen LogP contribution in [0, 0.1) is 0 Å². The van der Waals surface area contributed by atoms with Gasteiger partial charge in [0.2, 0.25) is 11.1 Å². The predicted octanol–water partition coefficient (Wildman–Crippen LogP) is -0.470. The second-order valence-electron chi connectivity index (χ2n) is 2.67. The number of piperazine rings is 1. The van der Waals surface area contributed by atoms with E-state index in [0.29, 0.717) is 5.13 Å². The zero-order valence-electron chi connectivity index (χ0n) is 6.66. The lowest BCUT2D eigenvalue weighted by molar-refractivity contribution is 0.582. The summed E-state index contributed by atoms with van der Waals surface area (Å²) in [5, 5.41) is 3.81. The van der Waals surface area contributed by atoms with E-state index in [-0.39, 0.29) is 0 Å². The smallest absolute Gasteiger partial charge is 0.239 e. The molecule has 0 aromatic carbocycles. The molecule has 12 heavy (non-hydrogen) atoms. The van der Waals surface area contributed by atoms with Crippen molar-refractivity contribution >= 4 is 22.6 Å². The first kappa shape index (κ1) is 7.75. The molecule has 1 aromatic rings. The molecular weight excluding hydrogens is 174 g/mol. The summed E-state index contributed by atoms with van der Waals surface area (Å²) in [7, 11) is 0. The molecule has 0 spiro atoms. The number of hydrogen-bond acceptors (Lipinski definition) is 6. The normalized spacial score (nSPS) is 18.2. The maximum absolute atomic E-state index is 5.49. The van der Waals surface area contributed by atoms with E-state index in [0.717, 1.165) is 32.1 Å². The largest absolute Gasteiger partial charge is 0.374 e. The fraction of sp³-hybridized carbons (Fsp3) is 0.667. The minimum Gasteiger partial charge on any atom is -0.374 e. The van der Waals surface area contributed by atoms with E-state index in [2.05, 4.69) is 19.6 Å². The van der Waals surface area contributed by atoms with Crippen molar-refractivity contribution in [3.8, 4) is 0 Å². The first-order chi connectivity index (χ1) is 5.86. The van der Waals surface area contributed by atoms with Crippen molar-refractivity contribution in [2.75, 3.05) is 36.8 Å². The van der Waals surface area contributed by atoms with Crippen molar-refractivity contribution in [2.24, 2.45) is 0 Å². The molecule has 0 radical (unpaired) electrons. The highest BCUT2D eigenvalue weighted by Gasteiger charge is 2.13. The van der Waals surface area contributed by atoms with Crippen LogP contribution in [-0.2, 0) is 0 Å². The molecular formula is C6H11N5S. The molecule has 1 aliphatic rings. The summed E-state index contributed by atoms with van der Waals surface area (Å²) < 4.78 is 4.14. The lowest BCUT2D eigenvalue weighted by Crippen LogP contribution is -2.44. The number of nitrogens with zero attached hydrogens (tertiary/aromatic N) is 3. The summed E-state index contributed by atoms with van der Waals surface area (Å²) in [6.45, 7) is 3.94. The van der Waals surface area contributed by atoms with Crippen LogP contribution in [0.15, 0.2) is 0 Å². The maximum Gasteiger partial charge on any atom is 0.239 e. The molecule has 3 N–H and O–H groups in total. The van der Waals surface area contributed by atoms with Gasteiger partial charge in [0, 0.05) is 37.7 Å². The van der Waals surface area contributed by atoms with Gasteiger partial charge in [0.05, 0.1) is 0 Å². The van der Waals surface area contributed by atoms with E-state index in [1.165, 1.54) is 11.5 Å². The van der Waals surface area contributed by atoms with Crippen LogP contribution >= 0.6 is 11.5 Å². The van der Waals surface area contributed by atoms with Gasteiger partial charge >= 0.3 is 0 Å². The third kappa shape index (κ3) is 1.49. The summed E-state index contributed by atoms with van der Waals surface area (Å²) in [5.74, 6) is 0.777. The van der Waals surface area contributed by atoms with E-state index in [4.69, 9.17) is 5.73 Å². The second-order valence-corrected chi connectivity index (χ2v) is 3.45. The Morgan fingerprint density at radius 1 is 1.42 bits per heavy atom. The van der Waals surface area contributed by atoms with Gasteiger partial charge in [0.15, 0.2) is 0 Å². The van der Waals surface area contributed by atoms with Gasteiger partial charge in [0.1, 0.15) is 0 Å². The minimum absolute atomic E-state index is 0.545. The number of nitrogen functional groups attached to an aromatic ring is 1. The molecule has 1 aliphatic heterocycles. The number of aromatic nitrogens is 2. The Bertz CT molecular complexity index is 254. The molecule has 6 heteroatoms. The summed E-state index contributed by atoms with van der Waals surface area (Å²) >= 11 is 1.25. The Labute approximate surface area is 74.8 Å². The molecule has 5 nitrogen and oxygen atoms in total. The Balaban J connectivity index is 2.08. The first-order valence-electron chi connectivity index (χ1n) is 3.91. The summed E-state index contributed by atoms with van der Waals surface area (Å²) in [6, 6.07) is 0. The van der Waals surface area contributed by atoms with Gasteiger partial charge in [-0.15, -0.1) is 0 Å². The fourth-order valence-electron chi connectivity index (χ4n) is 1.22. The molecule has 2 rings (SSSR count). The van der Waals surface area contributed by atoms with Gasteiger partial charge in [0.25, 0.3) is 0 Å². The molecule has 2 heterocycles. The standard InChI is InChI=1S/C6H11N5S/c7-5-9-6(10-12-5)11-3-1-8-2-4-11/h8H,1-4H2,(H2,7,9,10). The van der Waals surface area contributed by atoms with Crippen LogP contribution in [0.1, 0.15) is 0 Å². The van der Waals surface area contributed by atoms with Crippen molar-refractivity contribution in [3.63, 3.8) is 0 Å². The average Bonchev–Trinajstić information content (AvgIpc) is 2.54. The van der Waals surface area contributed by atoms with Crippen molar-refractivity contribution in [1.29, 1.82) is 0 Å². The minimum atomic E-state index is 0.545. The quantitative estimate of drug-likeness (QED) is 0.619. The summed E-state index contributed by atoms with van der Waals surface area (Å²) in [4.78, 5) is 6.26. The molecule has 0 saturated carbocycles. The van der Waals surface area contributed by atoms with Crippen LogP contribution in [0.4, 0.5) is 11.1 Å². The number of hydrogen-bond donors (Lipinski definition) is 2. The van der Waals surface area contributed by atoms with Gasteiger partial charge in [-0.1, -0.05) is 0 Å². The van der Waals surface area contributed by atoms with Crippen LogP contribution in [0.25, 0.3) is 0 Å². The molecule has 0 bridgehead atoms. The Morgan fingerprint density at radius 2 is 2.17 bits per heavy atom. The van der Waals surface area contributed by atoms with E-state index >= 15 is 0 Å². The number of anilines is 2. The Kier molecular flexibility index (Phi) is 2.09. The summed E-state index contributed by atoms with van der Waals surface area (Å²) in [5.41, 5.74) is 5.49. The fourth-order valence-corrected chi connectivity index (χ4v) is 1.67. The third-order valence-electron chi connectivity index (χ3n) is 1.83. The van der Waals surface area contributed by atoms with Crippen molar-refractivity contribution in [3.05, 3.63) is 0 Å². The zero-order valence-corrected chi connectivity index (χ0v) is 7.47. The van der Waals surface area contributed by atoms with E-state index in [9.17, 15) is 0 Å². The number of rotatable bonds is 1. The highest BCUT2D eigenvalue weighted by Crippen LogP contribution is 2.14. The number of nitrogens with one attached hydrogen (secondary N) is 1. The molecule has 1 aromatic heterocycles. The molecule has 0 aliphatic carbocycles. The Hall–Kier alpha value is -0.880. The van der Waals surface area contributed by atoms with Crippen LogP contribution in [0.5, 0.6) is 0 Å². The average molecular weight is 185 g/mol. The lowest BCUT2D eigenvalue weighted by Gasteiger charge is -2.25. The van der Waals surface area contributed by atoms with Crippen LogP contribution < -0.4 is 16.0 Å². The number of nitrogens with two attached hydrogens (primary N) is 1. The second kappa shape index (κ2) is 3.24. The van der Waals surface area contributed by atoms with Crippen LogP contribution in [0.3, 0.4) is 0 Å². The van der Waals surface area contributed by atoms with Crippen molar-refractivity contribution in [2.45, 2.75) is 0 Å². The predicted molar refractivity (Wildman–Crippen MR) is 49.4 cm³/mol. The molecule has 0 amide bonds. The molecule has 1 saturated heterocycles. The van der Waals surface area contributed by atoms with Crippen molar-refractivity contribution < 1.29 is 0 Å². The topological polar surface area (TPSA) is 67.1 Å². The lowest BCUT2D eigenvalue weighted by atomic mass is 10.4. The maximum atomic E-state index is 5.49. The summed E-state index contributed by atoms with van der Waals surface area (Å²) in [6.07, 6.45) is 0. The molecule has 1 fully saturated rings.